The molecular formula is C26H36ClN11O4. The number of nitrogens with zero attached hydrogens (tertiary/aromatic N) is 7. The minimum Gasteiger partial charge on any atom is -0.394 e. The van der Waals surface area contributed by atoms with Crippen molar-refractivity contribution in [2.24, 2.45) is 10.7 Å². The van der Waals surface area contributed by atoms with Gasteiger partial charge >= 0.3 is 5.91 Å². The predicted molar refractivity (Wildman–Crippen MR) is 157 cm³/mol. The number of guanidine groups is 1. The van der Waals surface area contributed by atoms with E-state index in [9.17, 15) is 4.79 Å². The molecule has 4 rings (SSSR count). The third-order valence-corrected chi connectivity index (χ3v) is 6.81. The number of hydrogen-bond acceptors (Lipinski definition) is 11. The topological polar surface area (TPSA) is 218 Å². The van der Waals surface area contributed by atoms with Gasteiger partial charge in [-0.15, -0.1) is 5.10 Å². The maximum atomic E-state index is 12.4. The fourth-order valence-corrected chi connectivity index (χ4v) is 4.49. The molecule has 1 saturated heterocycles. The predicted octanol–water partition coefficient (Wildman–Crippen LogP) is 0.288. The van der Waals surface area contributed by atoms with E-state index in [1.807, 2.05) is 18.3 Å². The van der Waals surface area contributed by atoms with E-state index in [0.717, 1.165) is 43.7 Å². The van der Waals surface area contributed by atoms with Crippen LogP contribution in [0.25, 0.3) is 11.3 Å². The van der Waals surface area contributed by atoms with E-state index >= 15 is 0 Å². The fourth-order valence-electron chi connectivity index (χ4n) is 4.36. The lowest BCUT2D eigenvalue weighted by Gasteiger charge is -2.32. The molecule has 3 aromatic rings. The molecule has 0 spiro atoms. The van der Waals surface area contributed by atoms with Crippen LogP contribution in [-0.4, -0.2) is 99.0 Å². The SMILES string of the molecule is N/C(=N\C(=O)c1nc(Cl)c(N)nc1N)NC1CCN(Cc2ccc(-c3cn(CCOCCOCCO)nn3)cc2)CC1. The van der Waals surface area contributed by atoms with Gasteiger partial charge in [-0.3, -0.25) is 9.69 Å². The van der Waals surface area contributed by atoms with Gasteiger partial charge in [0.05, 0.1) is 45.8 Å². The van der Waals surface area contributed by atoms with Crippen LogP contribution < -0.4 is 22.5 Å². The first-order valence-electron chi connectivity index (χ1n) is 13.5. The summed E-state index contributed by atoms with van der Waals surface area (Å²) in [5.74, 6) is -0.993. The Hall–Kier alpha value is -3.89. The van der Waals surface area contributed by atoms with Crippen LogP contribution in [-0.2, 0) is 22.6 Å². The van der Waals surface area contributed by atoms with Crippen molar-refractivity contribution in [2.75, 3.05) is 57.6 Å². The number of anilines is 2. The number of carbonyl (C=O) groups is 1. The van der Waals surface area contributed by atoms with E-state index in [-0.39, 0.29) is 41.1 Å². The monoisotopic (exact) mass is 601 g/mol. The Morgan fingerprint density at radius 3 is 2.50 bits per heavy atom. The van der Waals surface area contributed by atoms with E-state index in [1.165, 1.54) is 5.56 Å². The van der Waals surface area contributed by atoms with Crippen LogP contribution in [0.3, 0.4) is 0 Å². The average Bonchev–Trinajstić information content (AvgIpc) is 3.45. The van der Waals surface area contributed by atoms with Crippen molar-refractivity contribution in [1.29, 1.82) is 0 Å². The summed E-state index contributed by atoms with van der Waals surface area (Å²) in [6.07, 6.45) is 3.56. The van der Waals surface area contributed by atoms with Crippen LogP contribution in [0, 0.1) is 0 Å². The summed E-state index contributed by atoms with van der Waals surface area (Å²) in [4.78, 5) is 26.3. The van der Waals surface area contributed by atoms with Crippen LogP contribution in [0.5, 0.6) is 0 Å². The number of likely N-dealkylation sites (tertiary alicyclic amines) is 1. The third kappa shape index (κ3) is 9.06. The number of aliphatic hydroxyl groups excluding tert-OH is 1. The summed E-state index contributed by atoms with van der Waals surface area (Å²) >= 11 is 5.84. The molecule has 3 heterocycles. The van der Waals surface area contributed by atoms with Gasteiger partial charge in [-0.1, -0.05) is 41.1 Å². The first-order chi connectivity index (χ1) is 20.3. The smallest absolute Gasteiger partial charge is 0.302 e. The second kappa shape index (κ2) is 15.4. The normalized spacial score (nSPS) is 14.8. The van der Waals surface area contributed by atoms with Gasteiger partial charge in [0.2, 0.25) is 0 Å². The van der Waals surface area contributed by atoms with Gasteiger partial charge in [0.25, 0.3) is 0 Å². The number of benzene rings is 1. The summed E-state index contributed by atoms with van der Waals surface area (Å²) in [7, 11) is 0. The Balaban J connectivity index is 1.19. The Morgan fingerprint density at radius 1 is 1.07 bits per heavy atom. The molecule has 1 aliphatic heterocycles. The molecule has 0 radical (unpaired) electrons. The highest BCUT2D eigenvalue weighted by atomic mass is 35.5. The quantitative estimate of drug-likeness (QED) is 0.101. The van der Waals surface area contributed by atoms with Gasteiger partial charge < -0.3 is 37.1 Å². The number of amides is 1. The first-order valence-corrected chi connectivity index (χ1v) is 13.9. The molecule has 8 N–H and O–H groups in total. The number of aromatic nitrogens is 5. The molecule has 1 amide bonds. The van der Waals surface area contributed by atoms with Gasteiger partial charge in [-0.2, -0.15) is 4.99 Å². The van der Waals surface area contributed by atoms with Crippen LogP contribution in [0.1, 0.15) is 28.9 Å². The minimum atomic E-state index is -0.749. The second-order valence-corrected chi connectivity index (χ2v) is 10.0. The van der Waals surface area contributed by atoms with Gasteiger partial charge in [0.1, 0.15) is 5.69 Å². The first kappa shape index (κ1) is 31.1. The summed E-state index contributed by atoms with van der Waals surface area (Å²) in [5, 5.41) is 20.1. The maximum Gasteiger partial charge on any atom is 0.302 e. The summed E-state index contributed by atoms with van der Waals surface area (Å²) in [6, 6.07) is 8.37. The lowest BCUT2D eigenvalue weighted by atomic mass is 10.0. The second-order valence-electron chi connectivity index (χ2n) is 9.64. The third-order valence-electron chi connectivity index (χ3n) is 6.54. The molecule has 0 unspecified atom stereocenters. The van der Waals surface area contributed by atoms with E-state index in [2.05, 4.69) is 47.6 Å². The number of aliphatic hydroxyl groups is 1. The average molecular weight is 602 g/mol. The Labute approximate surface area is 248 Å². The largest absolute Gasteiger partial charge is 0.394 e. The molecule has 16 heteroatoms. The number of hydrogen-bond donors (Lipinski definition) is 5. The Bertz CT molecular complexity index is 1340. The number of halogens is 1. The van der Waals surface area contributed by atoms with E-state index in [4.69, 9.17) is 43.4 Å². The van der Waals surface area contributed by atoms with Crippen LogP contribution in [0.2, 0.25) is 5.15 Å². The van der Waals surface area contributed by atoms with Gasteiger partial charge in [0.15, 0.2) is 28.4 Å². The van der Waals surface area contributed by atoms with Gasteiger partial charge in [-0.05, 0) is 18.4 Å². The molecular weight excluding hydrogens is 566 g/mol. The van der Waals surface area contributed by atoms with Crippen molar-refractivity contribution in [1.82, 2.24) is 35.2 Å². The molecule has 0 saturated carbocycles. The molecule has 226 valence electrons. The van der Waals surface area contributed by atoms with Crippen LogP contribution in [0.15, 0.2) is 35.5 Å². The van der Waals surface area contributed by atoms with Gasteiger partial charge in [-0.25, -0.2) is 14.6 Å². The van der Waals surface area contributed by atoms with Crippen molar-refractivity contribution in [3.8, 4) is 11.3 Å². The van der Waals surface area contributed by atoms with Crippen molar-refractivity contribution in [3.05, 3.63) is 46.9 Å². The standard InChI is InChI=1S/C26H36ClN11O4/c27-22-24(29)33-23(28)21(32-22)25(40)34-26(30)31-19-5-7-37(8-6-19)15-17-1-3-18(4-2-17)20-16-38(36-35-20)9-11-41-13-14-42-12-10-39/h1-4,16,19,39H,5-15H2,(H4,28,29,33)(H3,30,31,34,40). The molecule has 0 aliphatic carbocycles. The van der Waals surface area contributed by atoms with Crippen LogP contribution >= 0.6 is 11.6 Å². The number of aliphatic imine (C=N–C) groups is 1. The zero-order valence-corrected chi connectivity index (χ0v) is 23.9. The van der Waals surface area contributed by atoms with Crippen molar-refractivity contribution >= 4 is 35.1 Å². The number of piperidine rings is 1. The maximum absolute atomic E-state index is 12.4. The fraction of sp³-hybridized carbons (Fsp3) is 0.462. The lowest BCUT2D eigenvalue weighted by molar-refractivity contribution is 0.0302. The molecule has 2 aromatic heterocycles. The number of nitrogen functional groups attached to an aromatic ring is 2. The number of nitrogens with two attached hydrogens (primary N) is 3. The molecule has 0 bridgehead atoms. The van der Waals surface area contributed by atoms with Crippen molar-refractivity contribution in [3.63, 3.8) is 0 Å². The molecule has 42 heavy (non-hydrogen) atoms. The molecule has 0 atom stereocenters. The van der Waals surface area contributed by atoms with Crippen LogP contribution in [0.4, 0.5) is 11.6 Å². The molecule has 1 aliphatic rings. The lowest BCUT2D eigenvalue weighted by Crippen LogP contribution is -2.47. The minimum absolute atomic E-state index is 0.00882. The van der Waals surface area contributed by atoms with E-state index in [1.54, 1.807) is 4.68 Å². The number of rotatable bonds is 13. The van der Waals surface area contributed by atoms with E-state index < -0.39 is 5.91 Å². The number of ether oxygens (including phenoxy) is 2. The van der Waals surface area contributed by atoms with Gasteiger partial charge in [0, 0.05) is 31.2 Å². The van der Waals surface area contributed by atoms with Crippen molar-refractivity contribution < 1.29 is 19.4 Å². The number of nitrogens with one attached hydrogen (secondary N) is 1. The zero-order valence-electron chi connectivity index (χ0n) is 23.2. The summed E-state index contributed by atoms with van der Waals surface area (Å²) in [5.41, 5.74) is 20.0. The highest BCUT2D eigenvalue weighted by Crippen LogP contribution is 2.20. The summed E-state index contributed by atoms with van der Waals surface area (Å²) in [6.45, 7) is 4.86. The highest BCUT2D eigenvalue weighted by molar-refractivity contribution is 6.31. The number of carbonyl (C=O) groups excluding carboxylic acids is 1. The highest BCUT2D eigenvalue weighted by Gasteiger charge is 2.21. The molecule has 1 fully saturated rings. The Kier molecular flexibility index (Phi) is 11.4. The molecule has 15 nitrogen and oxygen atoms in total. The molecule has 1 aromatic carbocycles. The van der Waals surface area contributed by atoms with E-state index in [0.29, 0.717) is 33.0 Å². The van der Waals surface area contributed by atoms with Crippen molar-refractivity contribution in [2.45, 2.75) is 32.0 Å². The zero-order chi connectivity index (χ0) is 29.9. The summed E-state index contributed by atoms with van der Waals surface area (Å²) < 4.78 is 12.4. The Morgan fingerprint density at radius 2 is 1.79 bits per heavy atom.